The zero-order valence-corrected chi connectivity index (χ0v) is 13.6. The second kappa shape index (κ2) is 7.25. The minimum absolute atomic E-state index is 0.296. The smallest absolute Gasteiger partial charge is 0.237 e. The van der Waals surface area contributed by atoms with Gasteiger partial charge in [-0.2, -0.15) is 0 Å². The number of rotatable bonds is 5. The third-order valence-corrected chi connectivity index (χ3v) is 4.57. The number of carbonyl (C=O) groups excluding carboxylic acids is 1. The van der Waals surface area contributed by atoms with E-state index in [1.165, 1.54) is 24.0 Å². The fourth-order valence-corrected chi connectivity index (χ4v) is 3.04. The molecule has 1 saturated carbocycles. The molecule has 120 valence electrons. The van der Waals surface area contributed by atoms with Crippen molar-refractivity contribution in [3.05, 3.63) is 35.4 Å². The maximum absolute atomic E-state index is 12.7. The molecular weight excluding hydrogens is 274 g/mol. The van der Waals surface area contributed by atoms with E-state index in [-0.39, 0.29) is 0 Å². The molecule has 1 aliphatic carbocycles. The van der Waals surface area contributed by atoms with E-state index in [4.69, 9.17) is 0 Å². The van der Waals surface area contributed by atoms with Crippen LogP contribution in [0.2, 0.25) is 0 Å². The number of hydrogen-bond acceptors (Lipinski definition) is 3. The molecule has 0 unspecified atom stereocenters. The minimum Gasteiger partial charge on any atom is -0.334 e. The Kier molecular flexibility index (Phi) is 5.11. The number of carbonyl (C=O) groups is 1. The van der Waals surface area contributed by atoms with Crippen molar-refractivity contribution in [1.82, 2.24) is 15.1 Å². The molecule has 1 aromatic rings. The van der Waals surface area contributed by atoms with E-state index in [1.54, 1.807) is 0 Å². The molecule has 1 saturated heterocycles. The summed E-state index contributed by atoms with van der Waals surface area (Å²) < 4.78 is 0. The summed E-state index contributed by atoms with van der Waals surface area (Å²) in [6, 6.07) is 9.03. The molecule has 0 atom stereocenters. The molecule has 1 aromatic carbocycles. The summed E-state index contributed by atoms with van der Waals surface area (Å²) >= 11 is 0. The largest absolute Gasteiger partial charge is 0.334 e. The van der Waals surface area contributed by atoms with Gasteiger partial charge in [0.2, 0.25) is 5.91 Å². The summed E-state index contributed by atoms with van der Waals surface area (Å²) in [6.45, 7) is 7.51. The standard InChI is InChI=1S/C18H27N3O/c1-15-3-5-16(6-4-15)13-21(17-7-8-17)18(22)14-20-11-2-9-19-10-12-20/h3-6,17,19H,2,7-14H2,1H3. The van der Waals surface area contributed by atoms with Crippen molar-refractivity contribution in [2.24, 2.45) is 0 Å². The van der Waals surface area contributed by atoms with Gasteiger partial charge in [0.05, 0.1) is 6.54 Å². The maximum atomic E-state index is 12.7. The zero-order valence-electron chi connectivity index (χ0n) is 13.6. The van der Waals surface area contributed by atoms with E-state index in [0.717, 1.165) is 39.1 Å². The normalized spacial score (nSPS) is 19.7. The predicted molar refractivity (Wildman–Crippen MR) is 88.7 cm³/mol. The van der Waals surface area contributed by atoms with Crippen molar-refractivity contribution in [2.75, 3.05) is 32.7 Å². The second-order valence-corrected chi connectivity index (χ2v) is 6.62. The van der Waals surface area contributed by atoms with Gasteiger partial charge in [-0.05, 0) is 44.8 Å². The Morgan fingerprint density at radius 2 is 2.00 bits per heavy atom. The molecule has 0 bridgehead atoms. The number of hydrogen-bond donors (Lipinski definition) is 1. The van der Waals surface area contributed by atoms with E-state index < -0.39 is 0 Å². The zero-order chi connectivity index (χ0) is 15.4. The highest BCUT2D eigenvalue weighted by Gasteiger charge is 2.33. The van der Waals surface area contributed by atoms with Crippen molar-refractivity contribution in [2.45, 2.75) is 38.8 Å². The van der Waals surface area contributed by atoms with E-state index >= 15 is 0 Å². The summed E-state index contributed by atoms with van der Waals surface area (Å²) in [4.78, 5) is 17.1. The SMILES string of the molecule is Cc1ccc(CN(C(=O)CN2CCCNCC2)C2CC2)cc1. The summed E-state index contributed by atoms with van der Waals surface area (Å²) in [5.74, 6) is 0.296. The lowest BCUT2D eigenvalue weighted by Crippen LogP contribution is -2.42. The van der Waals surface area contributed by atoms with Gasteiger partial charge in [-0.1, -0.05) is 29.8 Å². The average Bonchev–Trinajstić information content (AvgIpc) is 3.34. The van der Waals surface area contributed by atoms with Crippen molar-refractivity contribution < 1.29 is 4.79 Å². The van der Waals surface area contributed by atoms with Crippen LogP contribution in [0.4, 0.5) is 0 Å². The summed E-state index contributed by atoms with van der Waals surface area (Å²) in [7, 11) is 0. The summed E-state index contributed by atoms with van der Waals surface area (Å²) in [5, 5.41) is 3.39. The van der Waals surface area contributed by atoms with Crippen LogP contribution in [0.25, 0.3) is 0 Å². The molecule has 0 spiro atoms. The first-order valence-corrected chi connectivity index (χ1v) is 8.50. The van der Waals surface area contributed by atoms with Crippen LogP contribution in [0.5, 0.6) is 0 Å². The maximum Gasteiger partial charge on any atom is 0.237 e. The Morgan fingerprint density at radius 3 is 2.73 bits per heavy atom. The molecular formula is C18H27N3O. The molecule has 4 heteroatoms. The van der Waals surface area contributed by atoms with Crippen molar-refractivity contribution in [3.8, 4) is 0 Å². The van der Waals surface area contributed by atoms with E-state index in [0.29, 0.717) is 18.5 Å². The first-order valence-electron chi connectivity index (χ1n) is 8.50. The molecule has 0 radical (unpaired) electrons. The third kappa shape index (κ3) is 4.31. The third-order valence-electron chi connectivity index (χ3n) is 4.57. The van der Waals surface area contributed by atoms with Gasteiger partial charge in [0, 0.05) is 25.7 Å². The van der Waals surface area contributed by atoms with Gasteiger partial charge in [-0.3, -0.25) is 9.69 Å². The predicted octanol–water partition coefficient (Wildman–Crippen LogP) is 1.78. The number of amides is 1. The monoisotopic (exact) mass is 301 g/mol. The van der Waals surface area contributed by atoms with Gasteiger partial charge in [-0.25, -0.2) is 0 Å². The van der Waals surface area contributed by atoms with Crippen molar-refractivity contribution >= 4 is 5.91 Å². The van der Waals surface area contributed by atoms with Crippen LogP contribution in [-0.4, -0.2) is 54.5 Å². The van der Waals surface area contributed by atoms with Gasteiger partial charge in [0.15, 0.2) is 0 Å². The van der Waals surface area contributed by atoms with E-state index in [9.17, 15) is 4.79 Å². The van der Waals surface area contributed by atoms with Crippen LogP contribution < -0.4 is 5.32 Å². The molecule has 1 N–H and O–H groups in total. The highest BCUT2D eigenvalue weighted by molar-refractivity contribution is 5.79. The molecule has 4 nitrogen and oxygen atoms in total. The van der Waals surface area contributed by atoms with Crippen molar-refractivity contribution in [3.63, 3.8) is 0 Å². The highest BCUT2D eigenvalue weighted by Crippen LogP contribution is 2.28. The van der Waals surface area contributed by atoms with Crippen LogP contribution in [-0.2, 0) is 11.3 Å². The van der Waals surface area contributed by atoms with Crippen LogP contribution in [0.1, 0.15) is 30.4 Å². The topological polar surface area (TPSA) is 35.6 Å². The Labute approximate surface area is 133 Å². The molecule has 1 aliphatic heterocycles. The molecule has 22 heavy (non-hydrogen) atoms. The average molecular weight is 301 g/mol. The Morgan fingerprint density at radius 1 is 1.23 bits per heavy atom. The van der Waals surface area contributed by atoms with Crippen LogP contribution >= 0.6 is 0 Å². The molecule has 3 rings (SSSR count). The quantitative estimate of drug-likeness (QED) is 0.900. The fraction of sp³-hybridized carbons (Fsp3) is 0.611. The lowest BCUT2D eigenvalue weighted by Gasteiger charge is -2.27. The van der Waals surface area contributed by atoms with Gasteiger partial charge in [-0.15, -0.1) is 0 Å². The Balaban J connectivity index is 1.60. The minimum atomic E-state index is 0.296. The molecule has 2 aliphatic rings. The number of nitrogens with one attached hydrogen (secondary N) is 1. The molecule has 0 aromatic heterocycles. The lowest BCUT2D eigenvalue weighted by molar-refractivity contribution is -0.133. The first-order chi connectivity index (χ1) is 10.7. The van der Waals surface area contributed by atoms with Gasteiger partial charge < -0.3 is 10.2 Å². The van der Waals surface area contributed by atoms with Gasteiger partial charge in [0.1, 0.15) is 0 Å². The summed E-state index contributed by atoms with van der Waals surface area (Å²) in [6.07, 6.45) is 3.47. The second-order valence-electron chi connectivity index (χ2n) is 6.62. The molecule has 1 amide bonds. The van der Waals surface area contributed by atoms with E-state index in [2.05, 4.69) is 46.3 Å². The number of aryl methyl sites for hydroxylation is 1. The van der Waals surface area contributed by atoms with Crippen LogP contribution in [0, 0.1) is 6.92 Å². The first kappa shape index (κ1) is 15.5. The Hall–Kier alpha value is -1.39. The number of benzene rings is 1. The highest BCUT2D eigenvalue weighted by atomic mass is 16.2. The van der Waals surface area contributed by atoms with E-state index in [1.807, 2.05) is 0 Å². The molecule has 2 fully saturated rings. The van der Waals surface area contributed by atoms with Crippen LogP contribution in [0.15, 0.2) is 24.3 Å². The number of nitrogens with zero attached hydrogens (tertiary/aromatic N) is 2. The Bertz CT molecular complexity index is 488. The summed E-state index contributed by atoms with van der Waals surface area (Å²) in [5.41, 5.74) is 2.51. The lowest BCUT2D eigenvalue weighted by atomic mass is 10.1. The van der Waals surface area contributed by atoms with Crippen molar-refractivity contribution in [1.29, 1.82) is 0 Å². The van der Waals surface area contributed by atoms with Gasteiger partial charge in [0.25, 0.3) is 0 Å². The van der Waals surface area contributed by atoms with Gasteiger partial charge >= 0.3 is 0 Å². The van der Waals surface area contributed by atoms with Crippen LogP contribution in [0.3, 0.4) is 0 Å². The molecule has 1 heterocycles. The fourth-order valence-electron chi connectivity index (χ4n) is 3.04.